The molecule has 1 aromatic carbocycles. The van der Waals surface area contributed by atoms with E-state index in [2.05, 4.69) is 27.8 Å². The second-order valence-corrected chi connectivity index (χ2v) is 4.44. The van der Waals surface area contributed by atoms with Crippen molar-refractivity contribution in [1.82, 2.24) is 5.32 Å². The van der Waals surface area contributed by atoms with Gasteiger partial charge in [-0.1, -0.05) is 33.6 Å². The van der Waals surface area contributed by atoms with Crippen molar-refractivity contribution in [2.24, 2.45) is 0 Å². The van der Waals surface area contributed by atoms with Crippen LogP contribution >= 0.6 is 27.5 Å². The summed E-state index contributed by atoms with van der Waals surface area (Å²) in [5.74, 6) is -0.200. The van der Waals surface area contributed by atoms with Gasteiger partial charge in [0.15, 0.2) is 0 Å². The molecule has 2 nitrogen and oxygen atoms in total. The summed E-state index contributed by atoms with van der Waals surface area (Å²) in [5, 5.41) is 3.19. The highest BCUT2D eigenvalue weighted by atomic mass is 79.9. The number of hydrogen-bond acceptors (Lipinski definition) is 1. The number of benzene rings is 1. The molecule has 1 aromatic rings. The highest BCUT2D eigenvalue weighted by Gasteiger charge is 2.11. The van der Waals surface area contributed by atoms with Gasteiger partial charge in [0.05, 0.1) is 10.6 Å². The third-order valence-electron chi connectivity index (χ3n) is 1.89. The molecule has 0 aliphatic rings. The predicted octanol–water partition coefficient (Wildman–Crippen LogP) is 3.41. The van der Waals surface area contributed by atoms with Crippen LogP contribution in [0.15, 0.2) is 35.3 Å². The van der Waals surface area contributed by atoms with E-state index in [1.807, 2.05) is 6.92 Å². The summed E-state index contributed by atoms with van der Waals surface area (Å²) in [5.41, 5.74) is 0.458. The van der Waals surface area contributed by atoms with Crippen LogP contribution in [0.3, 0.4) is 0 Å². The monoisotopic (exact) mass is 287 g/mol. The van der Waals surface area contributed by atoms with Crippen molar-refractivity contribution in [3.63, 3.8) is 0 Å². The zero-order valence-electron chi connectivity index (χ0n) is 8.26. The first-order chi connectivity index (χ1) is 7.04. The third kappa shape index (κ3) is 3.36. The normalized spacial score (nSPS) is 11.9. The topological polar surface area (TPSA) is 29.1 Å². The van der Waals surface area contributed by atoms with Crippen LogP contribution in [0.25, 0.3) is 0 Å². The molecule has 0 aliphatic heterocycles. The molecule has 1 N–H and O–H groups in total. The second kappa shape index (κ2) is 5.33. The van der Waals surface area contributed by atoms with E-state index in [0.29, 0.717) is 10.6 Å². The molecule has 1 atom stereocenters. The largest absolute Gasteiger partial charge is 0.346 e. The fraction of sp³-hybridized carbons (Fsp3) is 0.182. The Balaban J connectivity index is 2.90. The number of carbonyl (C=O) groups is 1. The van der Waals surface area contributed by atoms with E-state index in [0.717, 1.165) is 4.47 Å². The SMILES string of the molecule is C=CC(C)NC(=O)c1cc(Br)ccc1Cl. The van der Waals surface area contributed by atoms with Gasteiger partial charge in [-0.15, -0.1) is 6.58 Å². The minimum atomic E-state index is -0.200. The molecule has 0 fully saturated rings. The second-order valence-electron chi connectivity index (χ2n) is 3.12. The van der Waals surface area contributed by atoms with Gasteiger partial charge in [-0.05, 0) is 25.1 Å². The lowest BCUT2D eigenvalue weighted by molar-refractivity contribution is 0.0947. The molecule has 1 rings (SSSR count). The molecular formula is C11H11BrClNO. The molecule has 0 radical (unpaired) electrons. The van der Waals surface area contributed by atoms with E-state index in [1.54, 1.807) is 24.3 Å². The van der Waals surface area contributed by atoms with Gasteiger partial charge in [-0.25, -0.2) is 0 Å². The standard InChI is InChI=1S/C11H11BrClNO/c1-3-7(2)14-11(15)9-6-8(12)4-5-10(9)13/h3-7H,1H2,2H3,(H,14,15). The zero-order valence-corrected chi connectivity index (χ0v) is 10.6. The Morgan fingerprint density at radius 2 is 2.33 bits per heavy atom. The summed E-state index contributed by atoms with van der Waals surface area (Å²) in [7, 11) is 0. The summed E-state index contributed by atoms with van der Waals surface area (Å²) in [6.07, 6.45) is 1.66. The molecule has 0 aromatic heterocycles. The van der Waals surface area contributed by atoms with Crippen LogP contribution in [0, 0.1) is 0 Å². The van der Waals surface area contributed by atoms with Crippen molar-refractivity contribution in [3.8, 4) is 0 Å². The number of halogens is 2. The van der Waals surface area contributed by atoms with Gasteiger partial charge < -0.3 is 5.32 Å². The van der Waals surface area contributed by atoms with Crippen molar-refractivity contribution >= 4 is 33.4 Å². The lowest BCUT2D eigenvalue weighted by Crippen LogP contribution is -2.31. The van der Waals surface area contributed by atoms with Crippen LogP contribution in [0.2, 0.25) is 5.02 Å². The highest BCUT2D eigenvalue weighted by molar-refractivity contribution is 9.10. The van der Waals surface area contributed by atoms with Gasteiger partial charge >= 0.3 is 0 Å². The lowest BCUT2D eigenvalue weighted by atomic mass is 10.2. The Morgan fingerprint density at radius 3 is 2.93 bits per heavy atom. The number of hydrogen-bond donors (Lipinski definition) is 1. The third-order valence-corrected chi connectivity index (χ3v) is 2.71. The van der Waals surface area contributed by atoms with Crippen LogP contribution in [-0.2, 0) is 0 Å². The maximum atomic E-state index is 11.7. The van der Waals surface area contributed by atoms with E-state index in [-0.39, 0.29) is 11.9 Å². The van der Waals surface area contributed by atoms with Crippen molar-refractivity contribution in [3.05, 3.63) is 45.9 Å². The Labute approximate surface area is 102 Å². The number of nitrogens with one attached hydrogen (secondary N) is 1. The van der Waals surface area contributed by atoms with E-state index in [4.69, 9.17) is 11.6 Å². The van der Waals surface area contributed by atoms with Crippen LogP contribution in [0.1, 0.15) is 17.3 Å². The minimum absolute atomic E-state index is 0.0763. The molecule has 0 heterocycles. The molecule has 1 amide bonds. The highest BCUT2D eigenvalue weighted by Crippen LogP contribution is 2.20. The van der Waals surface area contributed by atoms with E-state index < -0.39 is 0 Å². The predicted molar refractivity (Wildman–Crippen MR) is 66.3 cm³/mol. The van der Waals surface area contributed by atoms with Gasteiger partial charge in [0, 0.05) is 10.5 Å². The van der Waals surface area contributed by atoms with Gasteiger partial charge in [0.25, 0.3) is 5.91 Å². The molecule has 0 bridgehead atoms. The summed E-state index contributed by atoms with van der Waals surface area (Å²) >= 11 is 9.20. The summed E-state index contributed by atoms with van der Waals surface area (Å²) < 4.78 is 0.823. The fourth-order valence-corrected chi connectivity index (χ4v) is 1.58. The molecule has 0 aliphatic carbocycles. The van der Waals surface area contributed by atoms with Crippen molar-refractivity contribution in [2.75, 3.05) is 0 Å². The Bertz CT molecular complexity index is 392. The van der Waals surface area contributed by atoms with E-state index in [9.17, 15) is 4.79 Å². The van der Waals surface area contributed by atoms with Gasteiger partial charge in [0.2, 0.25) is 0 Å². The zero-order chi connectivity index (χ0) is 11.4. The molecule has 80 valence electrons. The first-order valence-corrected chi connectivity index (χ1v) is 5.60. The summed E-state index contributed by atoms with van der Waals surface area (Å²) in [4.78, 5) is 11.7. The fourth-order valence-electron chi connectivity index (χ4n) is 1.01. The molecule has 0 saturated heterocycles. The average Bonchev–Trinajstić information content (AvgIpc) is 2.21. The van der Waals surface area contributed by atoms with Crippen LogP contribution < -0.4 is 5.32 Å². The summed E-state index contributed by atoms with van der Waals surface area (Å²) in [6, 6.07) is 5.08. The first kappa shape index (κ1) is 12.3. The molecule has 4 heteroatoms. The maximum absolute atomic E-state index is 11.7. The number of carbonyl (C=O) groups excluding carboxylic acids is 1. The quantitative estimate of drug-likeness (QED) is 0.849. The molecule has 0 spiro atoms. The van der Waals surface area contributed by atoms with Crippen molar-refractivity contribution < 1.29 is 4.79 Å². The van der Waals surface area contributed by atoms with Crippen LogP contribution in [0.5, 0.6) is 0 Å². The van der Waals surface area contributed by atoms with E-state index >= 15 is 0 Å². The maximum Gasteiger partial charge on any atom is 0.253 e. The average molecular weight is 289 g/mol. The van der Waals surface area contributed by atoms with Gasteiger partial charge in [-0.2, -0.15) is 0 Å². The van der Waals surface area contributed by atoms with Gasteiger partial charge in [-0.3, -0.25) is 4.79 Å². The molecule has 15 heavy (non-hydrogen) atoms. The summed E-state index contributed by atoms with van der Waals surface area (Å²) in [6.45, 7) is 5.43. The van der Waals surface area contributed by atoms with Crippen molar-refractivity contribution in [1.29, 1.82) is 0 Å². The Kier molecular flexibility index (Phi) is 4.36. The first-order valence-electron chi connectivity index (χ1n) is 4.43. The smallest absolute Gasteiger partial charge is 0.253 e. The van der Waals surface area contributed by atoms with Gasteiger partial charge in [0.1, 0.15) is 0 Å². The molecule has 1 unspecified atom stereocenters. The number of amides is 1. The Morgan fingerprint density at radius 1 is 1.67 bits per heavy atom. The molecular weight excluding hydrogens is 277 g/mol. The van der Waals surface area contributed by atoms with Crippen molar-refractivity contribution in [2.45, 2.75) is 13.0 Å². The lowest BCUT2D eigenvalue weighted by Gasteiger charge is -2.10. The van der Waals surface area contributed by atoms with Crippen LogP contribution in [0.4, 0.5) is 0 Å². The minimum Gasteiger partial charge on any atom is -0.346 e. The number of rotatable bonds is 3. The van der Waals surface area contributed by atoms with Crippen LogP contribution in [-0.4, -0.2) is 11.9 Å². The molecule has 0 saturated carbocycles. The van der Waals surface area contributed by atoms with E-state index in [1.165, 1.54) is 0 Å². The Hall–Kier alpha value is -0.800.